The molecule has 5 heteroatoms. The number of rotatable bonds is 2. The average Bonchev–Trinajstić information content (AvgIpc) is 2.33. The summed E-state index contributed by atoms with van der Waals surface area (Å²) >= 11 is 8.22. The Kier molecular flexibility index (Phi) is 3.83. The third-order valence-corrected chi connectivity index (χ3v) is 4.07. The van der Waals surface area contributed by atoms with Gasteiger partial charge in [-0.25, -0.2) is 9.97 Å². The molecular weight excluding hydrogens is 351 g/mol. The Morgan fingerprint density at radius 3 is 2.47 bits per heavy atom. The Hall–Kier alpha value is -0.880. The van der Waals surface area contributed by atoms with Crippen molar-refractivity contribution in [1.82, 2.24) is 9.97 Å². The topological polar surface area (TPSA) is 46.0 Å². The van der Waals surface area contributed by atoms with Crippen molar-refractivity contribution in [2.45, 2.75) is 13.3 Å². The molecule has 3 nitrogen and oxygen atoms in total. The fourth-order valence-electron chi connectivity index (χ4n) is 1.44. The standard InChI is InChI=1S/C12H10ClIN2O/c1-2-9-10(14)11(13)16-12(15-9)7-3-5-8(17)6-4-7/h3-6,17H,2H2,1H3. The predicted molar refractivity (Wildman–Crippen MR) is 76.2 cm³/mol. The van der Waals surface area contributed by atoms with Crippen LogP contribution in [0.1, 0.15) is 12.6 Å². The molecule has 0 amide bonds. The molecule has 0 fully saturated rings. The molecule has 17 heavy (non-hydrogen) atoms. The van der Waals surface area contributed by atoms with E-state index < -0.39 is 0 Å². The number of halogens is 2. The maximum atomic E-state index is 9.23. The molecule has 0 spiro atoms. The van der Waals surface area contributed by atoms with Crippen LogP contribution in [-0.4, -0.2) is 15.1 Å². The van der Waals surface area contributed by atoms with Crippen LogP contribution in [0.15, 0.2) is 24.3 Å². The molecule has 0 bridgehead atoms. The van der Waals surface area contributed by atoms with Gasteiger partial charge in [-0.15, -0.1) is 0 Å². The molecule has 0 unspecified atom stereocenters. The van der Waals surface area contributed by atoms with E-state index in [-0.39, 0.29) is 5.75 Å². The van der Waals surface area contributed by atoms with E-state index in [1.165, 1.54) is 0 Å². The van der Waals surface area contributed by atoms with E-state index in [1.54, 1.807) is 24.3 Å². The van der Waals surface area contributed by atoms with Gasteiger partial charge in [0.15, 0.2) is 5.82 Å². The second-order valence-corrected chi connectivity index (χ2v) is 4.94. The summed E-state index contributed by atoms with van der Waals surface area (Å²) in [6.45, 7) is 2.03. The van der Waals surface area contributed by atoms with Gasteiger partial charge < -0.3 is 5.11 Å². The third-order valence-electron chi connectivity index (χ3n) is 2.34. The minimum absolute atomic E-state index is 0.223. The maximum absolute atomic E-state index is 9.23. The monoisotopic (exact) mass is 360 g/mol. The van der Waals surface area contributed by atoms with Crippen LogP contribution in [0.2, 0.25) is 5.15 Å². The molecule has 88 valence electrons. The normalized spacial score (nSPS) is 10.5. The highest BCUT2D eigenvalue weighted by Gasteiger charge is 2.10. The van der Waals surface area contributed by atoms with Gasteiger partial charge in [-0.1, -0.05) is 18.5 Å². The van der Waals surface area contributed by atoms with Crippen molar-refractivity contribution in [3.8, 4) is 17.1 Å². The predicted octanol–water partition coefficient (Wildman–Crippen LogP) is 3.67. The number of aromatic hydroxyl groups is 1. The first-order chi connectivity index (χ1) is 8.11. The van der Waals surface area contributed by atoms with Gasteiger partial charge >= 0.3 is 0 Å². The van der Waals surface area contributed by atoms with Crippen LogP contribution in [-0.2, 0) is 6.42 Å². The molecule has 0 radical (unpaired) electrons. The molecule has 0 atom stereocenters. The van der Waals surface area contributed by atoms with E-state index in [0.717, 1.165) is 21.2 Å². The Morgan fingerprint density at radius 1 is 1.24 bits per heavy atom. The number of phenolic OH excluding ortho intramolecular Hbond substituents is 1. The second kappa shape index (κ2) is 5.18. The van der Waals surface area contributed by atoms with Gasteiger partial charge in [0.1, 0.15) is 10.9 Å². The molecule has 1 aromatic carbocycles. The molecular formula is C12H10ClIN2O. The zero-order chi connectivity index (χ0) is 12.4. The second-order valence-electron chi connectivity index (χ2n) is 3.50. The smallest absolute Gasteiger partial charge is 0.161 e. The van der Waals surface area contributed by atoms with Crippen molar-refractivity contribution in [1.29, 1.82) is 0 Å². The van der Waals surface area contributed by atoms with E-state index in [2.05, 4.69) is 32.6 Å². The Bertz CT molecular complexity index is 543. The first-order valence-electron chi connectivity index (χ1n) is 5.13. The Labute approximate surface area is 118 Å². The molecule has 0 aliphatic rings. The minimum Gasteiger partial charge on any atom is -0.508 e. The number of hydrogen-bond donors (Lipinski definition) is 1. The number of phenols is 1. The average molecular weight is 361 g/mol. The van der Waals surface area contributed by atoms with Gasteiger partial charge in [-0.3, -0.25) is 0 Å². The number of benzene rings is 1. The van der Waals surface area contributed by atoms with Crippen molar-refractivity contribution in [3.05, 3.63) is 38.7 Å². The highest BCUT2D eigenvalue weighted by molar-refractivity contribution is 14.1. The van der Waals surface area contributed by atoms with Crippen LogP contribution in [0.4, 0.5) is 0 Å². The zero-order valence-corrected chi connectivity index (χ0v) is 12.0. The summed E-state index contributed by atoms with van der Waals surface area (Å²) in [5.74, 6) is 0.813. The van der Waals surface area contributed by atoms with Gasteiger partial charge in [-0.05, 0) is 53.3 Å². The summed E-state index contributed by atoms with van der Waals surface area (Å²) in [6.07, 6.45) is 0.811. The van der Waals surface area contributed by atoms with Crippen molar-refractivity contribution in [2.75, 3.05) is 0 Å². The lowest BCUT2D eigenvalue weighted by Gasteiger charge is -2.06. The van der Waals surface area contributed by atoms with Gasteiger partial charge in [0.25, 0.3) is 0 Å². The molecule has 0 aliphatic carbocycles. The van der Waals surface area contributed by atoms with Gasteiger partial charge in [0.2, 0.25) is 0 Å². The fourth-order valence-corrected chi connectivity index (χ4v) is 2.25. The minimum atomic E-state index is 0.223. The molecule has 1 heterocycles. The molecule has 1 aromatic heterocycles. The van der Waals surface area contributed by atoms with E-state index in [1.807, 2.05) is 6.92 Å². The largest absolute Gasteiger partial charge is 0.508 e. The first kappa shape index (κ1) is 12.6. The SMILES string of the molecule is CCc1nc(-c2ccc(O)cc2)nc(Cl)c1I. The van der Waals surface area contributed by atoms with Crippen molar-refractivity contribution >= 4 is 34.2 Å². The Balaban J connectivity index is 2.52. The van der Waals surface area contributed by atoms with Crippen LogP contribution >= 0.6 is 34.2 Å². The van der Waals surface area contributed by atoms with Crippen LogP contribution in [0.25, 0.3) is 11.4 Å². The van der Waals surface area contributed by atoms with Gasteiger partial charge in [-0.2, -0.15) is 0 Å². The fraction of sp³-hybridized carbons (Fsp3) is 0.167. The van der Waals surface area contributed by atoms with E-state index in [0.29, 0.717) is 11.0 Å². The van der Waals surface area contributed by atoms with E-state index >= 15 is 0 Å². The van der Waals surface area contributed by atoms with E-state index in [4.69, 9.17) is 11.6 Å². The first-order valence-corrected chi connectivity index (χ1v) is 6.58. The molecule has 2 aromatic rings. The highest BCUT2D eigenvalue weighted by Crippen LogP contribution is 2.25. The summed E-state index contributed by atoms with van der Waals surface area (Å²) in [5, 5.41) is 9.71. The number of nitrogens with zero attached hydrogens (tertiary/aromatic N) is 2. The molecule has 0 saturated heterocycles. The summed E-state index contributed by atoms with van der Waals surface area (Å²) in [5.41, 5.74) is 1.78. The summed E-state index contributed by atoms with van der Waals surface area (Å²) in [7, 11) is 0. The molecule has 2 rings (SSSR count). The Morgan fingerprint density at radius 2 is 1.88 bits per heavy atom. The summed E-state index contributed by atoms with van der Waals surface area (Å²) in [4.78, 5) is 8.71. The number of aryl methyl sites for hydroxylation is 1. The van der Waals surface area contributed by atoms with Crippen LogP contribution in [0, 0.1) is 3.57 Å². The van der Waals surface area contributed by atoms with Crippen molar-refractivity contribution in [3.63, 3.8) is 0 Å². The lowest BCUT2D eigenvalue weighted by atomic mass is 10.2. The maximum Gasteiger partial charge on any atom is 0.161 e. The van der Waals surface area contributed by atoms with Gasteiger partial charge in [0.05, 0.1) is 9.26 Å². The van der Waals surface area contributed by atoms with Crippen LogP contribution in [0.3, 0.4) is 0 Å². The highest BCUT2D eigenvalue weighted by atomic mass is 127. The van der Waals surface area contributed by atoms with Crippen LogP contribution in [0.5, 0.6) is 5.75 Å². The molecule has 0 aliphatic heterocycles. The lowest BCUT2D eigenvalue weighted by molar-refractivity contribution is 0.475. The summed E-state index contributed by atoms with van der Waals surface area (Å²) < 4.78 is 0.897. The van der Waals surface area contributed by atoms with Crippen molar-refractivity contribution < 1.29 is 5.11 Å². The van der Waals surface area contributed by atoms with Crippen molar-refractivity contribution in [2.24, 2.45) is 0 Å². The van der Waals surface area contributed by atoms with E-state index in [9.17, 15) is 5.11 Å². The molecule has 0 saturated carbocycles. The number of aromatic nitrogens is 2. The lowest BCUT2D eigenvalue weighted by Crippen LogP contribution is -1.99. The van der Waals surface area contributed by atoms with Crippen LogP contribution < -0.4 is 0 Å². The quantitative estimate of drug-likeness (QED) is 0.656. The molecule has 1 N–H and O–H groups in total. The zero-order valence-electron chi connectivity index (χ0n) is 9.11. The number of hydrogen-bond acceptors (Lipinski definition) is 3. The third kappa shape index (κ3) is 2.69. The summed E-state index contributed by atoms with van der Waals surface area (Å²) in [6, 6.07) is 6.76. The van der Waals surface area contributed by atoms with Gasteiger partial charge in [0, 0.05) is 5.56 Å².